The standard InChI is InChI=1S/C27H29F3N10O.C14H16N8.C12H15F3N2/c1-17-5-6-20(12-22(17)38-25-34-16-35-40(25)24-13-23(31-2)32-15-33-24)36-26(41)37-21-10-18(14-39-7-3-4-8-39)9-19(11-21)27(28,29)30;1-9-3-4-10(15)5-11(9)21-14-19-8-20-22(14)13-6-12(16-2)17-7-18-13;13-12(14,15)10-5-9(6-11(16)7-10)8-17-3-1-2-4-17/h5-6,9-13,15-16H,3-4,7-8,14H2,1-2H3,(H,31,32,33)(H,34,35,38)(H2,36,37,41);3-8H,15H2,1-2H3,(H,16,17,18)(H,19,20,21);5-7H,1-4,8,16H2. The highest BCUT2D eigenvalue weighted by atomic mass is 19.4. The van der Waals surface area contributed by atoms with E-state index in [1.54, 1.807) is 61.2 Å². The molecule has 0 atom stereocenters. The number of aryl methyl sites for hydroxylation is 2. The molecule has 8 aromatic rings. The fraction of sp³-hybridized carbons (Fsp3) is 0.302. The third-order valence-corrected chi connectivity index (χ3v) is 12.7. The van der Waals surface area contributed by atoms with Crippen LogP contribution in [0.25, 0.3) is 11.6 Å². The topological polar surface area (TPSA) is 261 Å². The van der Waals surface area contributed by atoms with Gasteiger partial charge in [-0.3, -0.25) is 9.80 Å². The molecule has 4 aromatic heterocycles. The molecule has 0 saturated carbocycles. The number of carbonyl (C=O) groups is 1. The van der Waals surface area contributed by atoms with Gasteiger partial charge in [0.25, 0.3) is 0 Å². The van der Waals surface area contributed by atoms with Crippen molar-refractivity contribution in [3.63, 3.8) is 0 Å². The molecule has 420 valence electrons. The molecule has 80 heavy (non-hydrogen) atoms. The van der Waals surface area contributed by atoms with Crippen LogP contribution in [0.15, 0.2) is 110 Å². The van der Waals surface area contributed by atoms with E-state index < -0.39 is 29.5 Å². The molecule has 2 amide bonds. The Kier molecular flexibility index (Phi) is 18.2. The van der Waals surface area contributed by atoms with Gasteiger partial charge in [0.1, 0.15) is 36.9 Å². The molecular weight excluding hydrogens is 1050 g/mol. The first-order valence-corrected chi connectivity index (χ1v) is 25.3. The number of anilines is 10. The lowest BCUT2D eigenvalue weighted by molar-refractivity contribution is -0.138. The molecule has 0 bridgehead atoms. The number of nitrogens with zero attached hydrogens (tertiary/aromatic N) is 12. The summed E-state index contributed by atoms with van der Waals surface area (Å²) in [6.07, 6.45) is 1.14. The maximum atomic E-state index is 13.6. The highest BCUT2D eigenvalue weighted by Crippen LogP contribution is 2.34. The van der Waals surface area contributed by atoms with Crippen LogP contribution in [0, 0.1) is 13.8 Å². The van der Waals surface area contributed by atoms with Gasteiger partial charge in [-0.2, -0.15) is 55.9 Å². The zero-order valence-corrected chi connectivity index (χ0v) is 44.2. The summed E-state index contributed by atoms with van der Waals surface area (Å²) in [5, 5.41) is 26.0. The molecular formula is C53H60F6N20O. The largest absolute Gasteiger partial charge is 0.416 e. The summed E-state index contributed by atoms with van der Waals surface area (Å²) < 4.78 is 81.6. The summed E-state index contributed by atoms with van der Waals surface area (Å²) in [6.45, 7) is 8.41. The molecule has 21 nitrogen and oxygen atoms in total. The number of aromatic nitrogens is 10. The van der Waals surface area contributed by atoms with Crippen LogP contribution < -0.4 is 43.4 Å². The molecule has 2 fully saturated rings. The van der Waals surface area contributed by atoms with Crippen molar-refractivity contribution < 1.29 is 31.1 Å². The molecule has 2 saturated heterocycles. The van der Waals surface area contributed by atoms with Crippen molar-refractivity contribution in [2.45, 2.75) is 65.0 Å². The van der Waals surface area contributed by atoms with Crippen LogP contribution in [-0.4, -0.2) is 106 Å². The van der Waals surface area contributed by atoms with Crippen molar-refractivity contribution in [3.05, 3.63) is 144 Å². The predicted octanol–water partition coefficient (Wildman–Crippen LogP) is 10.0. The van der Waals surface area contributed by atoms with Crippen LogP contribution in [0.1, 0.15) is 59.1 Å². The number of amides is 2. The van der Waals surface area contributed by atoms with Crippen molar-refractivity contribution in [3.8, 4) is 11.6 Å². The summed E-state index contributed by atoms with van der Waals surface area (Å²) in [5.41, 5.74) is 15.8. The molecule has 0 unspecified atom stereocenters. The van der Waals surface area contributed by atoms with E-state index in [4.69, 9.17) is 11.5 Å². The number of rotatable bonds is 14. The lowest BCUT2D eigenvalue weighted by atomic mass is 10.1. The van der Waals surface area contributed by atoms with Gasteiger partial charge in [-0.05, 0) is 149 Å². The van der Waals surface area contributed by atoms with Gasteiger partial charge in [-0.1, -0.05) is 12.1 Å². The maximum absolute atomic E-state index is 13.6. The van der Waals surface area contributed by atoms with Crippen LogP contribution in [0.2, 0.25) is 0 Å². The first kappa shape index (κ1) is 57.1. The highest BCUT2D eigenvalue weighted by molar-refractivity contribution is 6.00. The maximum Gasteiger partial charge on any atom is 0.416 e. The van der Waals surface area contributed by atoms with E-state index in [0.717, 1.165) is 86.9 Å². The smallest absolute Gasteiger partial charge is 0.399 e. The first-order chi connectivity index (χ1) is 38.3. The second-order valence-corrected chi connectivity index (χ2v) is 18.8. The summed E-state index contributed by atoms with van der Waals surface area (Å²) in [4.78, 5) is 42.2. The van der Waals surface area contributed by atoms with Gasteiger partial charge in [0.05, 0.1) is 11.1 Å². The van der Waals surface area contributed by atoms with Crippen molar-refractivity contribution in [2.75, 3.05) is 83.6 Å². The van der Waals surface area contributed by atoms with Crippen LogP contribution >= 0.6 is 0 Å². The number of urea groups is 1. The number of nitrogen functional groups attached to an aromatic ring is 2. The minimum absolute atomic E-state index is 0.0656. The quantitative estimate of drug-likeness (QED) is 0.0372. The second kappa shape index (κ2) is 25.6. The molecule has 2 aliphatic rings. The number of hydrogen-bond donors (Lipinski definition) is 8. The van der Waals surface area contributed by atoms with Crippen LogP contribution in [0.5, 0.6) is 0 Å². The lowest BCUT2D eigenvalue weighted by Gasteiger charge is -2.18. The summed E-state index contributed by atoms with van der Waals surface area (Å²) in [5.74, 6) is 3.33. The first-order valence-electron chi connectivity index (χ1n) is 25.3. The summed E-state index contributed by atoms with van der Waals surface area (Å²) in [6, 6.07) is 21.1. The van der Waals surface area contributed by atoms with Gasteiger partial charge in [0.2, 0.25) is 11.9 Å². The van der Waals surface area contributed by atoms with Crippen LogP contribution in [0.3, 0.4) is 0 Å². The van der Waals surface area contributed by atoms with Gasteiger partial charge in [-0.25, -0.2) is 24.7 Å². The monoisotopic (exact) mass is 1110 g/mol. The highest BCUT2D eigenvalue weighted by Gasteiger charge is 2.33. The van der Waals surface area contributed by atoms with Gasteiger partial charge < -0.3 is 43.4 Å². The normalized spacial score (nSPS) is 13.6. The second-order valence-electron chi connectivity index (χ2n) is 18.8. The van der Waals surface area contributed by atoms with Gasteiger partial charge >= 0.3 is 18.4 Å². The van der Waals surface area contributed by atoms with Crippen molar-refractivity contribution in [1.82, 2.24) is 59.3 Å². The molecule has 10 rings (SSSR count). The molecule has 10 N–H and O–H groups in total. The van der Waals surface area contributed by atoms with E-state index >= 15 is 0 Å². The molecule has 6 heterocycles. The van der Waals surface area contributed by atoms with Crippen molar-refractivity contribution in [2.24, 2.45) is 0 Å². The molecule has 27 heteroatoms. The third-order valence-electron chi connectivity index (χ3n) is 12.7. The van der Waals surface area contributed by atoms with Gasteiger partial charge in [0.15, 0.2) is 11.6 Å². The number of benzene rings is 4. The fourth-order valence-electron chi connectivity index (χ4n) is 8.72. The number of alkyl halides is 6. The minimum atomic E-state index is -4.54. The Hall–Kier alpha value is -9.11. The van der Waals surface area contributed by atoms with Gasteiger partial charge in [-0.15, -0.1) is 0 Å². The average molecular weight is 1110 g/mol. The van der Waals surface area contributed by atoms with Gasteiger partial charge in [0, 0.05) is 73.4 Å². The minimum Gasteiger partial charge on any atom is -0.399 e. The lowest BCUT2D eigenvalue weighted by Crippen LogP contribution is -2.21. The Bertz CT molecular complexity index is 3370. The molecule has 2 aliphatic heterocycles. The van der Waals surface area contributed by atoms with E-state index in [9.17, 15) is 31.1 Å². The average Bonchev–Trinajstić information content (AvgIpc) is 4.30. The number of hydrogen-bond acceptors (Lipinski definition) is 17. The number of nitrogens with one attached hydrogen (secondary N) is 6. The zero-order valence-electron chi connectivity index (χ0n) is 44.2. The number of halogens is 6. The van der Waals surface area contributed by atoms with E-state index in [2.05, 4.69) is 81.8 Å². The number of carbonyl (C=O) groups excluding carboxylic acids is 1. The molecule has 0 radical (unpaired) electrons. The van der Waals surface area contributed by atoms with Crippen LogP contribution in [-0.2, 0) is 25.4 Å². The SMILES string of the molecule is CNc1cc(-n2ncnc2Nc2cc(N)ccc2C)ncn1.CNc1cc(-n2ncnc2Nc2cc(NC(=O)Nc3cc(CN4CCCC4)cc(C(F)(F)F)c3)ccc2C)ncn1.Nc1cc(CN2CCCC2)cc(C(F)(F)F)c1. The van der Waals surface area contributed by atoms with E-state index in [1.807, 2.05) is 32.0 Å². The Morgan fingerprint density at radius 1 is 0.525 bits per heavy atom. The van der Waals surface area contributed by atoms with E-state index in [0.29, 0.717) is 76.4 Å². The summed E-state index contributed by atoms with van der Waals surface area (Å²) >= 11 is 0. The Morgan fingerprint density at radius 3 is 1.51 bits per heavy atom. The number of likely N-dealkylation sites (tertiary alicyclic amines) is 2. The van der Waals surface area contributed by atoms with Crippen molar-refractivity contribution >= 4 is 63.7 Å². The number of nitrogens with two attached hydrogens (primary N) is 2. The van der Waals surface area contributed by atoms with E-state index in [1.165, 1.54) is 36.1 Å². The van der Waals surface area contributed by atoms with Crippen LogP contribution in [0.4, 0.5) is 88.8 Å². The third kappa shape index (κ3) is 15.6. The molecule has 4 aromatic carbocycles. The van der Waals surface area contributed by atoms with Crippen molar-refractivity contribution in [1.29, 1.82) is 0 Å². The Balaban J connectivity index is 0.000000179. The molecule has 0 aliphatic carbocycles. The predicted molar refractivity (Wildman–Crippen MR) is 295 cm³/mol. The Morgan fingerprint density at radius 2 is 1.00 bits per heavy atom. The fourth-order valence-corrected chi connectivity index (χ4v) is 8.72. The van der Waals surface area contributed by atoms with E-state index in [-0.39, 0.29) is 11.4 Å². The summed E-state index contributed by atoms with van der Waals surface area (Å²) in [7, 11) is 3.54. The Labute approximate surface area is 456 Å². The molecule has 0 spiro atoms. The zero-order chi connectivity index (χ0) is 57.0.